The third kappa shape index (κ3) is 6.16. The van der Waals surface area contributed by atoms with Crippen LogP contribution in [0, 0.1) is 0 Å². The molecule has 6 nitrogen and oxygen atoms in total. The number of rotatable bonds is 9. The van der Waals surface area contributed by atoms with Gasteiger partial charge in [0.15, 0.2) is 11.5 Å². The number of benzene rings is 2. The Balaban J connectivity index is 2.03. The monoisotopic (exact) mass is 404 g/mol. The first kappa shape index (κ1) is 21.6. The molecular weight excluding hydrogens is 380 g/mol. The molecule has 0 aliphatic rings. The Morgan fingerprint density at radius 3 is 2.57 bits per heavy atom. The molecule has 0 unspecified atom stereocenters. The number of amides is 1. The van der Waals surface area contributed by atoms with Gasteiger partial charge in [0.25, 0.3) is 5.91 Å². The minimum Gasteiger partial charge on any atom is -0.494 e. The van der Waals surface area contributed by atoms with Crippen molar-refractivity contribution >= 4 is 23.7 Å². The van der Waals surface area contributed by atoms with Crippen molar-refractivity contribution in [2.75, 3.05) is 13.7 Å². The van der Waals surface area contributed by atoms with Crippen LogP contribution in [-0.2, 0) is 0 Å². The van der Waals surface area contributed by atoms with Gasteiger partial charge in [0, 0.05) is 5.56 Å². The SMILES string of the molecule is CCCOc1ccc(C(=O)N/N=C/c2cc(Cl)c(OC(C)C)c(OC)c2)cc1. The normalized spacial score (nSPS) is 10.9. The summed E-state index contributed by atoms with van der Waals surface area (Å²) in [5.74, 6) is 1.38. The quantitative estimate of drug-likeness (QED) is 0.486. The maximum Gasteiger partial charge on any atom is 0.271 e. The van der Waals surface area contributed by atoms with E-state index in [1.54, 1.807) is 36.4 Å². The molecule has 1 N–H and O–H groups in total. The minimum absolute atomic E-state index is 0.0380. The van der Waals surface area contributed by atoms with Gasteiger partial charge < -0.3 is 14.2 Å². The number of carbonyl (C=O) groups is 1. The van der Waals surface area contributed by atoms with Gasteiger partial charge in [-0.15, -0.1) is 0 Å². The molecule has 7 heteroatoms. The van der Waals surface area contributed by atoms with Crippen LogP contribution < -0.4 is 19.6 Å². The lowest BCUT2D eigenvalue weighted by molar-refractivity contribution is 0.0955. The predicted molar refractivity (Wildman–Crippen MR) is 111 cm³/mol. The average molecular weight is 405 g/mol. The first-order valence-corrected chi connectivity index (χ1v) is 9.42. The summed E-state index contributed by atoms with van der Waals surface area (Å²) in [6.45, 7) is 6.49. The third-order valence-electron chi connectivity index (χ3n) is 3.57. The Kier molecular flexibility index (Phi) is 8.14. The molecule has 150 valence electrons. The van der Waals surface area contributed by atoms with Crippen LogP contribution in [0.1, 0.15) is 43.1 Å². The fraction of sp³-hybridized carbons (Fsp3) is 0.333. The molecule has 0 aliphatic heterocycles. The van der Waals surface area contributed by atoms with Gasteiger partial charge in [-0.05, 0) is 62.2 Å². The van der Waals surface area contributed by atoms with Gasteiger partial charge in [0.1, 0.15) is 5.75 Å². The van der Waals surface area contributed by atoms with Gasteiger partial charge in [-0.25, -0.2) is 5.43 Å². The van der Waals surface area contributed by atoms with Crippen molar-refractivity contribution in [1.82, 2.24) is 5.43 Å². The maximum absolute atomic E-state index is 12.2. The number of nitrogens with zero attached hydrogens (tertiary/aromatic N) is 1. The topological polar surface area (TPSA) is 69.2 Å². The molecule has 0 aromatic heterocycles. The fourth-order valence-electron chi connectivity index (χ4n) is 2.32. The van der Waals surface area contributed by atoms with Crippen molar-refractivity contribution in [3.8, 4) is 17.2 Å². The second kappa shape index (κ2) is 10.6. The van der Waals surface area contributed by atoms with Crippen molar-refractivity contribution in [1.29, 1.82) is 0 Å². The zero-order chi connectivity index (χ0) is 20.5. The Hall–Kier alpha value is -2.73. The fourth-order valence-corrected chi connectivity index (χ4v) is 2.58. The largest absolute Gasteiger partial charge is 0.494 e. The van der Waals surface area contributed by atoms with Crippen LogP contribution in [0.4, 0.5) is 0 Å². The minimum atomic E-state index is -0.323. The number of methoxy groups -OCH3 is 1. The van der Waals surface area contributed by atoms with Crippen molar-refractivity contribution in [3.05, 3.63) is 52.5 Å². The summed E-state index contributed by atoms with van der Waals surface area (Å²) in [5, 5.41) is 4.39. The number of carbonyl (C=O) groups excluding carboxylic acids is 1. The van der Waals surface area contributed by atoms with E-state index in [4.69, 9.17) is 25.8 Å². The molecule has 0 saturated carbocycles. The summed E-state index contributed by atoms with van der Waals surface area (Å²) in [4.78, 5) is 12.2. The second-order valence-corrected chi connectivity index (χ2v) is 6.68. The number of ether oxygens (including phenoxy) is 3. The summed E-state index contributed by atoms with van der Waals surface area (Å²) in [6, 6.07) is 10.3. The Morgan fingerprint density at radius 1 is 1.25 bits per heavy atom. The highest BCUT2D eigenvalue weighted by atomic mass is 35.5. The predicted octanol–water partition coefficient (Wildman–Crippen LogP) is 4.69. The van der Waals surface area contributed by atoms with Gasteiger partial charge in [0.2, 0.25) is 0 Å². The number of hydrazone groups is 1. The highest BCUT2D eigenvalue weighted by Crippen LogP contribution is 2.36. The summed E-state index contributed by atoms with van der Waals surface area (Å²) >= 11 is 6.28. The van der Waals surface area contributed by atoms with Crippen molar-refractivity contribution in [2.24, 2.45) is 5.10 Å². The van der Waals surface area contributed by atoms with Gasteiger partial charge in [-0.1, -0.05) is 18.5 Å². The summed E-state index contributed by atoms with van der Waals surface area (Å²) < 4.78 is 16.5. The van der Waals surface area contributed by atoms with E-state index >= 15 is 0 Å². The maximum atomic E-state index is 12.2. The number of nitrogens with one attached hydrogen (secondary N) is 1. The molecule has 0 atom stereocenters. The van der Waals surface area contributed by atoms with Gasteiger partial charge in [-0.2, -0.15) is 5.10 Å². The molecule has 2 rings (SSSR count). The van der Waals surface area contributed by atoms with Gasteiger partial charge >= 0.3 is 0 Å². The Morgan fingerprint density at radius 2 is 1.96 bits per heavy atom. The number of hydrogen-bond donors (Lipinski definition) is 1. The molecule has 1 amide bonds. The smallest absolute Gasteiger partial charge is 0.271 e. The van der Waals surface area contributed by atoms with Crippen LogP contribution in [0.25, 0.3) is 0 Å². The van der Waals surface area contributed by atoms with Crippen LogP contribution in [-0.4, -0.2) is 31.9 Å². The zero-order valence-electron chi connectivity index (χ0n) is 16.5. The molecule has 0 spiro atoms. The van der Waals surface area contributed by atoms with Crippen molar-refractivity contribution in [2.45, 2.75) is 33.3 Å². The van der Waals surface area contributed by atoms with Crippen LogP contribution in [0.15, 0.2) is 41.5 Å². The molecule has 0 saturated heterocycles. The van der Waals surface area contributed by atoms with Crippen LogP contribution in [0.3, 0.4) is 0 Å². The van der Waals surface area contributed by atoms with E-state index in [1.165, 1.54) is 13.3 Å². The highest BCUT2D eigenvalue weighted by Gasteiger charge is 2.13. The third-order valence-corrected chi connectivity index (χ3v) is 3.86. The van der Waals surface area contributed by atoms with Gasteiger partial charge in [-0.3, -0.25) is 4.79 Å². The van der Waals surface area contributed by atoms with E-state index in [-0.39, 0.29) is 12.0 Å². The van der Waals surface area contributed by atoms with Crippen molar-refractivity contribution < 1.29 is 19.0 Å². The zero-order valence-corrected chi connectivity index (χ0v) is 17.2. The molecular formula is C21H25ClN2O4. The summed E-state index contributed by atoms with van der Waals surface area (Å²) in [7, 11) is 1.54. The molecule has 0 fully saturated rings. The Bertz CT molecular complexity index is 820. The molecule has 0 radical (unpaired) electrons. The first-order valence-electron chi connectivity index (χ1n) is 9.05. The van der Waals surface area contributed by atoms with E-state index in [9.17, 15) is 4.79 Å². The lowest BCUT2D eigenvalue weighted by atomic mass is 10.2. The first-order chi connectivity index (χ1) is 13.4. The molecule has 2 aromatic carbocycles. The van der Waals surface area contributed by atoms with Crippen LogP contribution >= 0.6 is 11.6 Å². The summed E-state index contributed by atoms with van der Waals surface area (Å²) in [5.41, 5.74) is 3.64. The van der Waals surface area contributed by atoms with E-state index in [0.29, 0.717) is 34.3 Å². The lowest BCUT2D eigenvalue weighted by Crippen LogP contribution is -2.17. The Labute approximate surface area is 170 Å². The highest BCUT2D eigenvalue weighted by molar-refractivity contribution is 6.32. The van der Waals surface area contributed by atoms with E-state index < -0.39 is 0 Å². The van der Waals surface area contributed by atoms with Gasteiger partial charge in [0.05, 0.1) is 31.1 Å². The number of hydrogen-bond acceptors (Lipinski definition) is 5. The molecule has 28 heavy (non-hydrogen) atoms. The number of halogens is 1. The summed E-state index contributed by atoms with van der Waals surface area (Å²) in [6.07, 6.45) is 2.38. The van der Waals surface area contributed by atoms with Crippen LogP contribution in [0.5, 0.6) is 17.2 Å². The van der Waals surface area contributed by atoms with E-state index in [1.807, 2.05) is 20.8 Å². The molecule has 0 aliphatic carbocycles. The van der Waals surface area contributed by atoms with Crippen molar-refractivity contribution in [3.63, 3.8) is 0 Å². The average Bonchev–Trinajstić information content (AvgIpc) is 2.68. The second-order valence-electron chi connectivity index (χ2n) is 6.27. The standard InChI is InChI=1S/C21H25ClN2O4/c1-5-10-27-17-8-6-16(7-9-17)21(25)24-23-13-15-11-18(22)20(28-14(2)3)19(12-15)26-4/h6-9,11-14H,5,10H2,1-4H3,(H,24,25)/b23-13+. The lowest BCUT2D eigenvalue weighted by Gasteiger charge is -2.15. The van der Waals surface area contributed by atoms with E-state index in [0.717, 1.165) is 12.2 Å². The molecule has 0 heterocycles. The molecule has 0 bridgehead atoms. The molecule has 2 aromatic rings. The van der Waals surface area contributed by atoms with E-state index in [2.05, 4.69) is 10.5 Å². The van der Waals surface area contributed by atoms with Crippen LogP contribution in [0.2, 0.25) is 5.02 Å².